The zero-order valence-electron chi connectivity index (χ0n) is 15.0. The van der Waals surface area contributed by atoms with Crippen LogP contribution in [0.25, 0.3) is 0 Å². The third-order valence-electron chi connectivity index (χ3n) is 3.80. The van der Waals surface area contributed by atoms with Crippen molar-refractivity contribution in [3.63, 3.8) is 0 Å². The fourth-order valence-electron chi connectivity index (χ4n) is 2.48. The molecule has 0 aliphatic heterocycles. The van der Waals surface area contributed by atoms with Crippen molar-refractivity contribution in [2.75, 3.05) is 12.4 Å². The maximum atomic E-state index is 12.5. The van der Waals surface area contributed by atoms with Crippen LogP contribution in [0.2, 0.25) is 0 Å². The summed E-state index contributed by atoms with van der Waals surface area (Å²) in [6.45, 7) is 3.37. The SMILES string of the molecule is COC(=O)[C@H](Cc1ccc(C)cc1)NC(=O)c1cccc(NC(C)=O)c1. The van der Waals surface area contributed by atoms with Crippen molar-refractivity contribution in [2.45, 2.75) is 26.3 Å². The van der Waals surface area contributed by atoms with Crippen LogP contribution in [0, 0.1) is 6.92 Å². The van der Waals surface area contributed by atoms with Gasteiger partial charge in [0.1, 0.15) is 6.04 Å². The fourth-order valence-corrected chi connectivity index (χ4v) is 2.48. The Morgan fingerprint density at radius 2 is 1.77 bits per heavy atom. The van der Waals surface area contributed by atoms with Crippen LogP contribution in [0.15, 0.2) is 48.5 Å². The van der Waals surface area contributed by atoms with Crippen LogP contribution in [0.5, 0.6) is 0 Å². The van der Waals surface area contributed by atoms with E-state index in [1.54, 1.807) is 24.3 Å². The lowest BCUT2D eigenvalue weighted by Crippen LogP contribution is -2.43. The number of anilines is 1. The molecule has 0 aliphatic rings. The van der Waals surface area contributed by atoms with Gasteiger partial charge < -0.3 is 15.4 Å². The summed E-state index contributed by atoms with van der Waals surface area (Å²) in [5, 5.41) is 5.32. The van der Waals surface area contributed by atoms with Gasteiger partial charge in [-0.15, -0.1) is 0 Å². The molecular formula is C20H22N2O4. The number of esters is 1. The topological polar surface area (TPSA) is 84.5 Å². The van der Waals surface area contributed by atoms with Gasteiger partial charge >= 0.3 is 5.97 Å². The third-order valence-corrected chi connectivity index (χ3v) is 3.80. The lowest BCUT2D eigenvalue weighted by atomic mass is 10.0. The largest absolute Gasteiger partial charge is 0.467 e. The summed E-state index contributed by atoms with van der Waals surface area (Å²) in [4.78, 5) is 35.7. The minimum atomic E-state index is -0.806. The third kappa shape index (κ3) is 5.44. The minimum Gasteiger partial charge on any atom is -0.467 e. The number of nitrogens with one attached hydrogen (secondary N) is 2. The second-order valence-electron chi connectivity index (χ2n) is 6.00. The van der Waals surface area contributed by atoms with Gasteiger partial charge in [-0.25, -0.2) is 4.79 Å². The Balaban J connectivity index is 2.14. The molecule has 6 heteroatoms. The molecular weight excluding hydrogens is 332 g/mol. The molecule has 2 rings (SSSR count). The van der Waals surface area contributed by atoms with E-state index in [0.717, 1.165) is 11.1 Å². The molecule has 136 valence electrons. The quantitative estimate of drug-likeness (QED) is 0.781. The van der Waals surface area contributed by atoms with Gasteiger partial charge in [0.15, 0.2) is 0 Å². The van der Waals surface area contributed by atoms with E-state index in [9.17, 15) is 14.4 Å². The molecule has 0 fully saturated rings. The summed E-state index contributed by atoms with van der Waals surface area (Å²) in [7, 11) is 1.29. The van der Waals surface area contributed by atoms with Crippen LogP contribution >= 0.6 is 0 Å². The van der Waals surface area contributed by atoms with Crippen LogP contribution in [-0.2, 0) is 20.7 Å². The molecule has 0 saturated carbocycles. The van der Waals surface area contributed by atoms with Crippen LogP contribution in [-0.4, -0.2) is 30.9 Å². The van der Waals surface area contributed by atoms with E-state index in [0.29, 0.717) is 17.7 Å². The molecule has 1 atom stereocenters. The summed E-state index contributed by atoms with van der Waals surface area (Å²) < 4.78 is 4.81. The molecule has 0 heterocycles. The van der Waals surface area contributed by atoms with E-state index in [-0.39, 0.29) is 5.91 Å². The Morgan fingerprint density at radius 3 is 2.38 bits per heavy atom. The molecule has 0 saturated heterocycles. The molecule has 0 aliphatic carbocycles. The van der Waals surface area contributed by atoms with Gasteiger partial charge in [0, 0.05) is 24.6 Å². The number of rotatable bonds is 6. The van der Waals surface area contributed by atoms with Crippen molar-refractivity contribution < 1.29 is 19.1 Å². The van der Waals surface area contributed by atoms with Crippen molar-refractivity contribution in [1.29, 1.82) is 0 Å². The Bertz CT molecular complexity index is 800. The predicted octanol–water partition coefficient (Wildman–Crippen LogP) is 2.47. The lowest BCUT2D eigenvalue weighted by molar-refractivity contribution is -0.142. The normalized spacial score (nSPS) is 11.3. The second-order valence-corrected chi connectivity index (χ2v) is 6.00. The van der Waals surface area contributed by atoms with Crippen molar-refractivity contribution >= 4 is 23.5 Å². The van der Waals surface area contributed by atoms with Crippen LogP contribution in [0.4, 0.5) is 5.69 Å². The van der Waals surface area contributed by atoms with Crippen molar-refractivity contribution in [3.8, 4) is 0 Å². The van der Waals surface area contributed by atoms with Gasteiger partial charge in [0.25, 0.3) is 5.91 Å². The highest BCUT2D eigenvalue weighted by Crippen LogP contribution is 2.12. The number of aryl methyl sites for hydroxylation is 1. The number of carbonyl (C=O) groups is 3. The van der Waals surface area contributed by atoms with Gasteiger partial charge in [0.2, 0.25) is 5.91 Å². The Hall–Kier alpha value is -3.15. The van der Waals surface area contributed by atoms with Gasteiger partial charge in [-0.3, -0.25) is 9.59 Å². The maximum Gasteiger partial charge on any atom is 0.328 e. The molecule has 2 N–H and O–H groups in total. The molecule has 2 aromatic carbocycles. The molecule has 0 radical (unpaired) electrons. The van der Waals surface area contributed by atoms with E-state index in [2.05, 4.69) is 10.6 Å². The monoisotopic (exact) mass is 354 g/mol. The van der Waals surface area contributed by atoms with E-state index in [1.165, 1.54) is 14.0 Å². The Kier molecular flexibility index (Phi) is 6.49. The van der Waals surface area contributed by atoms with Crippen molar-refractivity contribution in [1.82, 2.24) is 5.32 Å². The number of hydrogen-bond acceptors (Lipinski definition) is 4. The van der Waals surface area contributed by atoms with Gasteiger partial charge in [0.05, 0.1) is 7.11 Å². The van der Waals surface area contributed by atoms with Crippen LogP contribution in [0.3, 0.4) is 0 Å². The number of carbonyl (C=O) groups excluding carboxylic acids is 3. The molecule has 26 heavy (non-hydrogen) atoms. The fraction of sp³-hybridized carbons (Fsp3) is 0.250. The lowest BCUT2D eigenvalue weighted by Gasteiger charge is -2.17. The smallest absolute Gasteiger partial charge is 0.328 e. The number of methoxy groups -OCH3 is 1. The Labute approximate surface area is 152 Å². The average Bonchev–Trinajstić information content (AvgIpc) is 2.62. The molecule has 0 bridgehead atoms. The Morgan fingerprint density at radius 1 is 1.08 bits per heavy atom. The van der Waals surface area contributed by atoms with Crippen molar-refractivity contribution in [2.24, 2.45) is 0 Å². The van der Waals surface area contributed by atoms with Crippen LogP contribution < -0.4 is 10.6 Å². The molecule has 2 amide bonds. The first-order valence-electron chi connectivity index (χ1n) is 8.21. The number of benzene rings is 2. The average molecular weight is 354 g/mol. The summed E-state index contributed by atoms with van der Waals surface area (Å²) in [6, 6.07) is 13.4. The summed E-state index contributed by atoms with van der Waals surface area (Å²) in [5.41, 5.74) is 2.88. The molecule has 6 nitrogen and oxygen atoms in total. The summed E-state index contributed by atoms with van der Waals surface area (Å²) in [5.74, 6) is -1.16. The zero-order chi connectivity index (χ0) is 19.1. The van der Waals surface area contributed by atoms with E-state index in [1.807, 2.05) is 31.2 Å². The van der Waals surface area contributed by atoms with Gasteiger partial charge in [-0.1, -0.05) is 35.9 Å². The highest BCUT2D eigenvalue weighted by molar-refractivity contribution is 5.98. The number of ether oxygens (including phenoxy) is 1. The van der Waals surface area contributed by atoms with Crippen molar-refractivity contribution in [3.05, 3.63) is 65.2 Å². The zero-order valence-corrected chi connectivity index (χ0v) is 15.0. The highest BCUT2D eigenvalue weighted by Gasteiger charge is 2.22. The number of amides is 2. The van der Waals surface area contributed by atoms with E-state index < -0.39 is 17.9 Å². The first-order chi connectivity index (χ1) is 12.4. The van der Waals surface area contributed by atoms with E-state index >= 15 is 0 Å². The first-order valence-corrected chi connectivity index (χ1v) is 8.21. The number of hydrogen-bond donors (Lipinski definition) is 2. The molecule has 0 aromatic heterocycles. The predicted molar refractivity (Wildman–Crippen MR) is 98.9 cm³/mol. The second kappa shape index (κ2) is 8.80. The standard InChI is InChI=1S/C20H22N2O4/c1-13-7-9-15(10-8-13)11-18(20(25)26-3)22-19(24)16-5-4-6-17(12-16)21-14(2)23/h4-10,12,18H,11H2,1-3H3,(H,21,23)(H,22,24)/t18-/m0/s1. The minimum absolute atomic E-state index is 0.227. The van der Waals surface area contributed by atoms with Gasteiger partial charge in [-0.2, -0.15) is 0 Å². The van der Waals surface area contributed by atoms with Gasteiger partial charge in [-0.05, 0) is 30.7 Å². The molecule has 0 spiro atoms. The summed E-state index contributed by atoms with van der Waals surface area (Å²) in [6.07, 6.45) is 0.323. The highest BCUT2D eigenvalue weighted by atomic mass is 16.5. The molecule has 0 unspecified atom stereocenters. The molecule has 2 aromatic rings. The first kappa shape index (κ1) is 19.2. The van der Waals surface area contributed by atoms with E-state index in [4.69, 9.17) is 4.74 Å². The van der Waals surface area contributed by atoms with Crippen LogP contribution in [0.1, 0.15) is 28.4 Å². The summed E-state index contributed by atoms with van der Waals surface area (Å²) >= 11 is 0. The maximum absolute atomic E-state index is 12.5.